The summed E-state index contributed by atoms with van der Waals surface area (Å²) in [5.41, 5.74) is 6.34. The Bertz CT molecular complexity index is 1240. The van der Waals surface area contributed by atoms with Gasteiger partial charge in [0.15, 0.2) is 0 Å². The Balaban J connectivity index is 1.38. The molecular formula is C27H25FN2O. The van der Waals surface area contributed by atoms with Crippen LogP contribution in [-0.2, 0) is 6.42 Å². The molecule has 31 heavy (non-hydrogen) atoms. The van der Waals surface area contributed by atoms with Gasteiger partial charge in [-0.15, -0.1) is 0 Å². The van der Waals surface area contributed by atoms with Gasteiger partial charge in [-0.2, -0.15) is 0 Å². The topological polar surface area (TPSA) is 44.9 Å². The van der Waals surface area contributed by atoms with E-state index in [0.29, 0.717) is 24.0 Å². The highest BCUT2D eigenvalue weighted by Gasteiger charge is 2.14. The van der Waals surface area contributed by atoms with Crippen LogP contribution in [0, 0.1) is 19.7 Å². The number of aryl methyl sites for hydroxylation is 2. The van der Waals surface area contributed by atoms with Crippen LogP contribution in [-0.4, -0.2) is 17.4 Å². The lowest BCUT2D eigenvalue weighted by molar-refractivity contribution is 0.0954. The minimum Gasteiger partial charge on any atom is -0.356 e. The molecule has 3 aromatic carbocycles. The average Bonchev–Trinajstić information content (AvgIpc) is 3.13. The Morgan fingerprint density at radius 1 is 0.935 bits per heavy atom. The van der Waals surface area contributed by atoms with Crippen molar-refractivity contribution >= 4 is 29.0 Å². The maximum Gasteiger partial charge on any atom is 0.251 e. The first-order valence-corrected chi connectivity index (χ1v) is 10.4. The van der Waals surface area contributed by atoms with Crippen molar-refractivity contribution in [3.8, 4) is 0 Å². The zero-order chi connectivity index (χ0) is 21.8. The van der Waals surface area contributed by atoms with E-state index >= 15 is 0 Å². The van der Waals surface area contributed by atoms with Gasteiger partial charge in [0, 0.05) is 23.2 Å². The van der Waals surface area contributed by atoms with Crippen LogP contribution in [0.1, 0.15) is 38.3 Å². The lowest BCUT2D eigenvalue weighted by Gasteiger charge is -2.07. The van der Waals surface area contributed by atoms with Crippen LogP contribution < -0.4 is 5.32 Å². The van der Waals surface area contributed by atoms with Gasteiger partial charge in [0.05, 0.1) is 5.52 Å². The number of nitrogens with one attached hydrogen (secondary N) is 2. The SMILES string of the molecule is Cc1[nH]c2c(F)ccc(C)c2c1CCNC(=O)c1ccc(C=Cc2ccccc2)cc1. The third-order valence-electron chi connectivity index (χ3n) is 5.53. The molecule has 4 aromatic rings. The van der Waals surface area contributed by atoms with Crippen LogP contribution in [0.15, 0.2) is 66.7 Å². The van der Waals surface area contributed by atoms with Crippen LogP contribution in [0.3, 0.4) is 0 Å². The Morgan fingerprint density at radius 3 is 2.32 bits per heavy atom. The summed E-state index contributed by atoms with van der Waals surface area (Å²) in [5, 5.41) is 3.89. The number of rotatable bonds is 6. The predicted octanol–water partition coefficient (Wildman–Crippen LogP) is 6.07. The second kappa shape index (κ2) is 9.00. The molecule has 0 spiro atoms. The van der Waals surface area contributed by atoms with E-state index in [2.05, 4.69) is 10.3 Å². The van der Waals surface area contributed by atoms with E-state index in [1.807, 2.05) is 80.6 Å². The minimum absolute atomic E-state index is 0.112. The second-order valence-corrected chi connectivity index (χ2v) is 7.71. The summed E-state index contributed by atoms with van der Waals surface area (Å²) in [4.78, 5) is 15.7. The summed E-state index contributed by atoms with van der Waals surface area (Å²) < 4.78 is 14.1. The van der Waals surface area contributed by atoms with E-state index in [0.717, 1.165) is 33.3 Å². The number of aromatic amines is 1. The summed E-state index contributed by atoms with van der Waals surface area (Å²) in [6.07, 6.45) is 4.71. The molecule has 1 heterocycles. The number of carbonyl (C=O) groups excluding carboxylic acids is 1. The molecule has 0 aliphatic carbocycles. The van der Waals surface area contributed by atoms with Gasteiger partial charge in [-0.05, 0) is 60.7 Å². The van der Waals surface area contributed by atoms with Crippen LogP contribution in [0.4, 0.5) is 4.39 Å². The predicted molar refractivity (Wildman–Crippen MR) is 126 cm³/mol. The first-order valence-electron chi connectivity index (χ1n) is 10.4. The van der Waals surface area contributed by atoms with Crippen molar-refractivity contribution in [3.63, 3.8) is 0 Å². The van der Waals surface area contributed by atoms with Gasteiger partial charge in [-0.3, -0.25) is 4.79 Å². The number of amides is 1. The summed E-state index contributed by atoms with van der Waals surface area (Å²) >= 11 is 0. The van der Waals surface area contributed by atoms with Crippen molar-refractivity contribution in [2.75, 3.05) is 6.54 Å². The molecule has 156 valence electrons. The number of hydrogen-bond donors (Lipinski definition) is 2. The smallest absolute Gasteiger partial charge is 0.251 e. The van der Waals surface area contributed by atoms with Crippen LogP contribution >= 0.6 is 0 Å². The number of H-pyrrole nitrogens is 1. The highest BCUT2D eigenvalue weighted by atomic mass is 19.1. The van der Waals surface area contributed by atoms with Gasteiger partial charge in [0.2, 0.25) is 0 Å². The van der Waals surface area contributed by atoms with E-state index < -0.39 is 0 Å². The van der Waals surface area contributed by atoms with Crippen molar-refractivity contribution in [3.05, 3.63) is 106 Å². The Kier molecular flexibility index (Phi) is 5.99. The third kappa shape index (κ3) is 4.58. The summed E-state index contributed by atoms with van der Waals surface area (Å²) in [6, 6.07) is 20.9. The quantitative estimate of drug-likeness (QED) is 0.371. The molecule has 4 rings (SSSR count). The number of fused-ring (bicyclic) bond motifs is 1. The van der Waals surface area contributed by atoms with Crippen molar-refractivity contribution in [2.24, 2.45) is 0 Å². The first-order chi connectivity index (χ1) is 15.0. The van der Waals surface area contributed by atoms with E-state index in [-0.39, 0.29) is 11.7 Å². The fourth-order valence-corrected chi connectivity index (χ4v) is 3.86. The number of carbonyl (C=O) groups is 1. The lowest BCUT2D eigenvalue weighted by atomic mass is 10.0. The number of aromatic nitrogens is 1. The molecule has 0 aliphatic heterocycles. The maximum absolute atomic E-state index is 14.1. The molecule has 0 radical (unpaired) electrons. The van der Waals surface area contributed by atoms with Gasteiger partial charge in [0.1, 0.15) is 5.82 Å². The largest absolute Gasteiger partial charge is 0.356 e. The van der Waals surface area contributed by atoms with Gasteiger partial charge in [-0.25, -0.2) is 4.39 Å². The molecule has 4 heteroatoms. The van der Waals surface area contributed by atoms with Crippen molar-refractivity contribution in [1.82, 2.24) is 10.3 Å². The molecule has 0 aliphatic rings. The third-order valence-corrected chi connectivity index (χ3v) is 5.53. The molecule has 1 amide bonds. The Labute approximate surface area is 181 Å². The summed E-state index contributed by atoms with van der Waals surface area (Å²) in [5.74, 6) is -0.362. The number of hydrogen-bond acceptors (Lipinski definition) is 1. The van der Waals surface area contributed by atoms with Crippen molar-refractivity contribution in [2.45, 2.75) is 20.3 Å². The number of benzene rings is 3. The second-order valence-electron chi connectivity index (χ2n) is 7.71. The normalized spacial score (nSPS) is 11.3. The fraction of sp³-hybridized carbons (Fsp3) is 0.148. The molecule has 3 nitrogen and oxygen atoms in total. The highest BCUT2D eigenvalue weighted by molar-refractivity contribution is 5.94. The molecule has 2 N–H and O–H groups in total. The lowest BCUT2D eigenvalue weighted by Crippen LogP contribution is -2.25. The van der Waals surface area contributed by atoms with Gasteiger partial charge in [-0.1, -0.05) is 60.7 Å². The number of halogens is 1. The summed E-state index contributed by atoms with van der Waals surface area (Å²) in [7, 11) is 0. The van der Waals surface area contributed by atoms with E-state index in [4.69, 9.17) is 0 Å². The van der Waals surface area contributed by atoms with Crippen LogP contribution in [0.25, 0.3) is 23.1 Å². The molecular weight excluding hydrogens is 387 g/mol. The molecule has 0 atom stereocenters. The molecule has 0 fully saturated rings. The molecule has 0 saturated heterocycles. The Morgan fingerprint density at radius 2 is 1.61 bits per heavy atom. The van der Waals surface area contributed by atoms with E-state index in [1.54, 1.807) is 6.07 Å². The standard InChI is InChI=1S/C27H25FN2O/c1-18-8-15-24(28)26-25(18)23(19(2)30-26)16-17-29-27(31)22-13-11-21(12-14-22)10-9-20-6-4-3-5-7-20/h3-15,30H,16-17H2,1-2H3,(H,29,31). The average molecular weight is 413 g/mol. The fourth-order valence-electron chi connectivity index (χ4n) is 3.86. The van der Waals surface area contributed by atoms with Crippen LogP contribution in [0.5, 0.6) is 0 Å². The van der Waals surface area contributed by atoms with Crippen molar-refractivity contribution in [1.29, 1.82) is 0 Å². The molecule has 0 bridgehead atoms. The van der Waals surface area contributed by atoms with Gasteiger partial charge < -0.3 is 10.3 Å². The molecule has 0 saturated carbocycles. The molecule has 0 unspecified atom stereocenters. The highest BCUT2D eigenvalue weighted by Crippen LogP contribution is 2.27. The van der Waals surface area contributed by atoms with Gasteiger partial charge in [0.25, 0.3) is 5.91 Å². The maximum atomic E-state index is 14.1. The first kappa shape index (κ1) is 20.6. The van der Waals surface area contributed by atoms with Crippen LogP contribution in [0.2, 0.25) is 0 Å². The summed E-state index contributed by atoms with van der Waals surface area (Å²) in [6.45, 7) is 4.40. The van der Waals surface area contributed by atoms with E-state index in [9.17, 15) is 9.18 Å². The molecule has 1 aromatic heterocycles. The monoisotopic (exact) mass is 412 g/mol. The zero-order valence-electron chi connectivity index (χ0n) is 17.7. The zero-order valence-corrected chi connectivity index (χ0v) is 17.7. The Hall–Kier alpha value is -3.66. The van der Waals surface area contributed by atoms with Crippen molar-refractivity contribution < 1.29 is 9.18 Å². The minimum atomic E-state index is -0.250. The van der Waals surface area contributed by atoms with Gasteiger partial charge >= 0.3 is 0 Å². The van der Waals surface area contributed by atoms with E-state index in [1.165, 1.54) is 6.07 Å².